The van der Waals surface area contributed by atoms with Gasteiger partial charge in [0.1, 0.15) is 0 Å². The van der Waals surface area contributed by atoms with Gasteiger partial charge in [0.05, 0.1) is 25.0 Å². The second-order valence-electron chi connectivity index (χ2n) is 3.66. The van der Waals surface area contributed by atoms with Crippen molar-refractivity contribution in [2.75, 3.05) is 30.5 Å². The third-order valence-corrected chi connectivity index (χ3v) is 3.51. The molecular formula is C11H15N3O2S. The Balaban J connectivity index is 1.92. The van der Waals surface area contributed by atoms with E-state index in [1.807, 2.05) is 0 Å². The molecule has 0 saturated carbocycles. The molecule has 1 atom stereocenters. The lowest BCUT2D eigenvalue weighted by Gasteiger charge is -2.22. The third-order valence-electron chi connectivity index (χ3n) is 2.45. The van der Waals surface area contributed by atoms with Gasteiger partial charge in [-0.05, 0) is 6.07 Å². The zero-order chi connectivity index (χ0) is 12.1. The van der Waals surface area contributed by atoms with Crippen LogP contribution in [-0.2, 0) is 4.79 Å². The fourth-order valence-electron chi connectivity index (χ4n) is 1.54. The molecule has 0 aromatic carbocycles. The Bertz CT molecular complexity index is 377. The summed E-state index contributed by atoms with van der Waals surface area (Å²) in [4.78, 5) is 15.9. The lowest BCUT2D eigenvalue weighted by atomic mass is 10.3. The molecule has 17 heavy (non-hydrogen) atoms. The summed E-state index contributed by atoms with van der Waals surface area (Å²) >= 11 is 1.79. The van der Waals surface area contributed by atoms with Gasteiger partial charge in [0.15, 0.2) is 0 Å². The predicted molar refractivity (Wildman–Crippen MR) is 68.5 cm³/mol. The summed E-state index contributed by atoms with van der Waals surface area (Å²) in [6.45, 7) is 0.879. The van der Waals surface area contributed by atoms with Crippen molar-refractivity contribution in [1.29, 1.82) is 0 Å². The number of hydrogen-bond acceptors (Lipinski definition) is 5. The molecule has 2 heterocycles. The van der Waals surface area contributed by atoms with E-state index in [0.29, 0.717) is 11.6 Å². The summed E-state index contributed by atoms with van der Waals surface area (Å²) in [6.07, 6.45) is 1.59. The van der Waals surface area contributed by atoms with Crippen molar-refractivity contribution >= 4 is 23.4 Å². The Hall–Kier alpha value is -1.27. The summed E-state index contributed by atoms with van der Waals surface area (Å²) in [5.74, 6) is 2.40. The molecule has 0 radical (unpaired) electrons. The number of rotatable bonds is 3. The standard InChI is InChI=1S/C11H15N3O2S/c1-16-10-3-2-8(6-13-10)14-11(15)9-7-17-5-4-12-9/h2-3,6,9,12H,4-5,7H2,1H3,(H,14,15). The minimum Gasteiger partial charge on any atom is -0.481 e. The second kappa shape index (κ2) is 5.88. The maximum atomic E-state index is 11.9. The molecule has 2 rings (SSSR count). The molecule has 1 aliphatic rings. The van der Waals surface area contributed by atoms with Gasteiger partial charge in [0.2, 0.25) is 11.8 Å². The number of ether oxygens (including phenoxy) is 1. The normalized spacial score (nSPS) is 19.7. The number of carbonyl (C=O) groups is 1. The number of nitrogens with zero attached hydrogens (tertiary/aromatic N) is 1. The number of carbonyl (C=O) groups excluding carboxylic acids is 1. The predicted octanol–water partition coefficient (Wildman–Crippen LogP) is 0.734. The van der Waals surface area contributed by atoms with Crippen LogP contribution in [0.25, 0.3) is 0 Å². The summed E-state index contributed by atoms with van der Waals surface area (Å²) in [7, 11) is 1.56. The molecule has 6 heteroatoms. The van der Waals surface area contributed by atoms with Gasteiger partial charge < -0.3 is 15.4 Å². The average molecular weight is 253 g/mol. The van der Waals surface area contributed by atoms with Gasteiger partial charge in [0, 0.05) is 24.1 Å². The molecule has 0 bridgehead atoms. The highest BCUT2D eigenvalue weighted by molar-refractivity contribution is 7.99. The Morgan fingerprint density at radius 3 is 3.12 bits per heavy atom. The third kappa shape index (κ3) is 3.34. The summed E-state index contributed by atoms with van der Waals surface area (Å²) in [6, 6.07) is 3.38. The quantitative estimate of drug-likeness (QED) is 0.831. The second-order valence-corrected chi connectivity index (χ2v) is 4.81. The number of thioether (sulfide) groups is 1. The van der Waals surface area contributed by atoms with Crippen LogP contribution in [0.5, 0.6) is 5.88 Å². The first-order chi connectivity index (χ1) is 8.29. The van der Waals surface area contributed by atoms with Crippen LogP contribution in [0.3, 0.4) is 0 Å². The van der Waals surface area contributed by atoms with E-state index in [1.165, 1.54) is 0 Å². The smallest absolute Gasteiger partial charge is 0.242 e. The number of nitrogens with one attached hydrogen (secondary N) is 2. The highest BCUT2D eigenvalue weighted by Gasteiger charge is 2.20. The van der Waals surface area contributed by atoms with E-state index in [0.717, 1.165) is 18.1 Å². The zero-order valence-electron chi connectivity index (χ0n) is 9.60. The molecule has 1 saturated heterocycles. The van der Waals surface area contributed by atoms with Crippen molar-refractivity contribution < 1.29 is 9.53 Å². The average Bonchev–Trinajstić information content (AvgIpc) is 2.40. The van der Waals surface area contributed by atoms with Crippen LogP contribution >= 0.6 is 11.8 Å². The number of hydrogen-bond donors (Lipinski definition) is 2. The van der Waals surface area contributed by atoms with Gasteiger partial charge in [-0.15, -0.1) is 0 Å². The first-order valence-electron chi connectivity index (χ1n) is 5.41. The Labute approximate surface area is 104 Å². The van der Waals surface area contributed by atoms with Gasteiger partial charge in [-0.25, -0.2) is 4.98 Å². The summed E-state index contributed by atoms with van der Waals surface area (Å²) < 4.78 is 4.95. The van der Waals surface area contributed by atoms with Gasteiger partial charge in [0.25, 0.3) is 0 Å². The van der Waals surface area contributed by atoms with Crippen molar-refractivity contribution in [3.05, 3.63) is 18.3 Å². The molecule has 1 unspecified atom stereocenters. The van der Waals surface area contributed by atoms with E-state index >= 15 is 0 Å². The van der Waals surface area contributed by atoms with Crippen molar-refractivity contribution in [2.45, 2.75) is 6.04 Å². The van der Waals surface area contributed by atoms with Gasteiger partial charge in [-0.1, -0.05) is 0 Å². The van der Waals surface area contributed by atoms with Crippen LogP contribution in [0.1, 0.15) is 0 Å². The SMILES string of the molecule is COc1ccc(NC(=O)C2CSCCN2)cn1. The van der Waals surface area contributed by atoms with E-state index in [9.17, 15) is 4.79 Å². The first kappa shape index (κ1) is 12.2. The number of methoxy groups -OCH3 is 1. The van der Waals surface area contributed by atoms with Crippen LogP contribution in [0.4, 0.5) is 5.69 Å². The summed E-state index contributed by atoms with van der Waals surface area (Å²) in [5, 5.41) is 6.01. The number of anilines is 1. The molecule has 92 valence electrons. The molecule has 2 N–H and O–H groups in total. The fraction of sp³-hybridized carbons (Fsp3) is 0.455. The highest BCUT2D eigenvalue weighted by Crippen LogP contribution is 2.13. The Morgan fingerprint density at radius 1 is 1.65 bits per heavy atom. The monoisotopic (exact) mass is 253 g/mol. The largest absolute Gasteiger partial charge is 0.481 e. The van der Waals surface area contributed by atoms with Crippen LogP contribution < -0.4 is 15.4 Å². The zero-order valence-corrected chi connectivity index (χ0v) is 10.4. The van der Waals surface area contributed by atoms with E-state index in [1.54, 1.807) is 37.2 Å². The Morgan fingerprint density at radius 2 is 2.53 bits per heavy atom. The Kier molecular flexibility index (Phi) is 4.22. The minimum absolute atomic E-state index is 0.0100. The topological polar surface area (TPSA) is 63.2 Å². The van der Waals surface area contributed by atoms with E-state index in [-0.39, 0.29) is 11.9 Å². The molecule has 0 aliphatic carbocycles. The molecule has 1 aromatic rings. The molecule has 1 fully saturated rings. The fourth-order valence-corrected chi connectivity index (χ4v) is 2.47. The maximum Gasteiger partial charge on any atom is 0.242 e. The van der Waals surface area contributed by atoms with Crippen LogP contribution in [-0.4, -0.2) is 42.1 Å². The van der Waals surface area contributed by atoms with E-state index in [2.05, 4.69) is 15.6 Å². The molecule has 1 amide bonds. The summed E-state index contributed by atoms with van der Waals surface area (Å²) in [5.41, 5.74) is 0.688. The van der Waals surface area contributed by atoms with Gasteiger partial charge >= 0.3 is 0 Å². The van der Waals surface area contributed by atoms with Crippen molar-refractivity contribution in [2.24, 2.45) is 0 Å². The van der Waals surface area contributed by atoms with Crippen LogP contribution in [0.2, 0.25) is 0 Å². The van der Waals surface area contributed by atoms with Crippen molar-refractivity contribution in [1.82, 2.24) is 10.3 Å². The van der Waals surface area contributed by atoms with Gasteiger partial charge in [-0.2, -0.15) is 11.8 Å². The van der Waals surface area contributed by atoms with Crippen LogP contribution in [0.15, 0.2) is 18.3 Å². The minimum atomic E-state index is -0.115. The molecule has 5 nitrogen and oxygen atoms in total. The molecule has 0 spiro atoms. The highest BCUT2D eigenvalue weighted by atomic mass is 32.2. The first-order valence-corrected chi connectivity index (χ1v) is 6.57. The maximum absolute atomic E-state index is 11.9. The lowest BCUT2D eigenvalue weighted by Crippen LogP contribution is -2.46. The lowest BCUT2D eigenvalue weighted by molar-refractivity contribution is -0.117. The van der Waals surface area contributed by atoms with Crippen molar-refractivity contribution in [3.63, 3.8) is 0 Å². The van der Waals surface area contributed by atoms with Crippen molar-refractivity contribution in [3.8, 4) is 5.88 Å². The van der Waals surface area contributed by atoms with Crippen LogP contribution in [0, 0.1) is 0 Å². The van der Waals surface area contributed by atoms with E-state index in [4.69, 9.17) is 4.74 Å². The van der Waals surface area contributed by atoms with E-state index < -0.39 is 0 Å². The molecule has 1 aromatic heterocycles. The number of aromatic nitrogens is 1. The van der Waals surface area contributed by atoms with Gasteiger partial charge in [-0.3, -0.25) is 4.79 Å². The molecule has 1 aliphatic heterocycles. The number of pyridine rings is 1. The molecular weight excluding hydrogens is 238 g/mol. The number of amides is 1.